The van der Waals surface area contributed by atoms with E-state index in [1.54, 1.807) is 28.0 Å². The number of nitrogens with zero attached hydrogens (tertiary/aromatic N) is 3. The first-order valence-electron chi connectivity index (χ1n) is 11.8. The van der Waals surface area contributed by atoms with Crippen LogP contribution in [0.15, 0.2) is 53.4 Å². The van der Waals surface area contributed by atoms with Gasteiger partial charge in [0.05, 0.1) is 17.9 Å². The smallest absolute Gasteiger partial charge is 0.255 e. The predicted molar refractivity (Wildman–Crippen MR) is 134 cm³/mol. The Hall–Kier alpha value is -2.97. The third kappa shape index (κ3) is 5.23. The van der Waals surface area contributed by atoms with E-state index < -0.39 is 10.0 Å². The minimum atomic E-state index is -3.57. The van der Waals surface area contributed by atoms with Crippen LogP contribution in [0, 0.1) is 20.8 Å². The lowest BCUT2D eigenvalue weighted by molar-refractivity contribution is 0.102. The summed E-state index contributed by atoms with van der Waals surface area (Å²) in [6, 6.07) is 15.0. The number of hydrogen-bond acceptors (Lipinski definition) is 4. The largest absolute Gasteiger partial charge is 0.322 e. The summed E-state index contributed by atoms with van der Waals surface area (Å²) in [4.78, 5) is 12.9. The molecule has 7 nitrogen and oxygen atoms in total. The molecule has 0 radical (unpaired) electrons. The fourth-order valence-electron chi connectivity index (χ4n) is 4.39. The van der Waals surface area contributed by atoms with Crippen molar-refractivity contribution < 1.29 is 13.2 Å². The second-order valence-electron chi connectivity index (χ2n) is 8.99. The fraction of sp³-hybridized carbons (Fsp3) is 0.385. The second-order valence-corrected chi connectivity index (χ2v) is 10.9. The lowest BCUT2D eigenvalue weighted by Crippen LogP contribution is -2.32. The maximum Gasteiger partial charge on any atom is 0.255 e. The summed E-state index contributed by atoms with van der Waals surface area (Å²) in [7, 11) is -3.57. The normalized spacial score (nSPS) is 15.1. The molecule has 1 saturated heterocycles. The number of hydrogen-bond donors (Lipinski definition) is 1. The van der Waals surface area contributed by atoms with Gasteiger partial charge in [-0.25, -0.2) is 8.42 Å². The van der Waals surface area contributed by atoms with Crippen molar-refractivity contribution in [3.63, 3.8) is 0 Å². The number of aryl methyl sites for hydroxylation is 2. The molecule has 1 aliphatic heterocycles. The number of aromatic nitrogens is 2. The van der Waals surface area contributed by atoms with E-state index in [0.29, 0.717) is 41.5 Å². The van der Waals surface area contributed by atoms with Crippen LogP contribution >= 0.6 is 0 Å². The molecule has 1 amide bonds. The maximum atomic E-state index is 13.4. The average molecular weight is 481 g/mol. The van der Waals surface area contributed by atoms with Crippen LogP contribution in [0.3, 0.4) is 0 Å². The zero-order valence-electron chi connectivity index (χ0n) is 20.0. The molecule has 34 heavy (non-hydrogen) atoms. The molecule has 2 heterocycles. The van der Waals surface area contributed by atoms with E-state index in [0.717, 1.165) is 42.5 Å². The molecule has 4 rings (SSSR count). The van der Waals surface area contributed by atoms with Crippen molar-refractivity contribution in [2.24, 2.45) is 0 Å². The summed E-state index contributed by atoms with van der Waals surface area (Å²) in [6.45, 7) is 7.14. The van der Waals surface area contributed by atoms with Crippen LogP contribution in [0.4, 0.5) is 5.69 Å². The van der Waals surface area contributed by atoms with Crippen molar-refractivity contribution >= 4 is 21.6 Å². The summed E-state index contributed by atoms with van der Waals surface area (Å²) >= 11 is 0. The van der Waals surface area contributed by atoms with Crippen LogP contribution in [0.2, 0.25) is 0 Å². The first kappa shape index (κ1) is 24.2. The van der Waals surface area contributed by atoms with Crippen molar-refractivity contribution in [2.45, 2.75) is 57.9 Å². The van der Waals surface area contributed by atoms with E-state index in [1.165, 1.54) is 0 Å². The first-order chi connectivity index (χ1) is 16.3. The predicted octanol–water partition coefficient (Wildman–Crippen LogP) is 4.67. The third-order valence-corrected chi connectivity index (χ3v) is 8.49. The van der Waals surface area contributed by atoms with Gasteiger partial charge in [0.2, 0.25) is 10.0 Å². The summed E-state index contributed by atoms with van der Waals surface area (Å²) < 4.78 is 30.1. The molecule has 3 aromatic rings. The van der Waals surface area contributed by atoms with E-state index in [9.17, 15) is 13.2 Å². The third-order valence-electron chi connectivity index (χ3n) is 6.34. The first-order valence-corrected chi connectivity index (χ1v) is 13.2. The maximum absolute atomic E-state index is 13.4. The number of anilines is 1. The molecule has 0 bridgehead atoms. The van der Waals surface area contributed by atoms with Crippen molar-refractivity contribution in [3.8, 4) is 0 Å². The van der Waals surface area contributed by atoms with Crippen molar-refractivity contribution in [2.75, 3.05) is 18.4 Å². The Balaban J connectivity index is 1.49. The summed E-state index contributed by atoms with van der Waals surface area (Å²) in [6.07, 6.45) is 3.94. The summed E-state index contributed by atoms with van der Waals surface area (Å²) in [5.41, 5.74) is 4.55. The van der Waals surface area contributed by atoms with Crippen LogP contribution in [-0.4, -0.2) is 41.5 Å². The number of rotatable bonds is 6. The van der Waals surface area contributed by atoms with E-state index in [2.05, 4.69) is 10.4 Å². The summed E-state index contributed by atoms with van der Waals surface area (Å²) in [5, 5.41) is 7.44. The summed E-state index contributed by atoms with van der Waals surface area (Å²) in [5.74, 6) is -0.174. The lowest BCUT2D eigenvalue weighted by atomic mass is 10.1. The van der Waals surface area contributed by atoms with Gasteiger partial charge in [-0.2, -0.15) is 9.40 Å². The number of sulfonamides is 1. The van der Waals surface area contributed by atoms with Crippen LogP contribution < -0.4 is 5.32 Å². The van der Waals surface area contributed by atoms with E-state index in [1.807, 2.05) is 50.2 Å². The molecule has 1 N–H and O–H groups in total. The average Bonchev–Trinajstić information content (AvgIpc) is 2.99. The molecule has 8 heteroatoms. The zero-order valence-corrected chi connectivity index (χ0v) is 20.9. The fourth-order valence-corrected chi connectivity index (χ4v) is 6.28. The minimum Gasteiger partial charge on any atom is -0.322 e. The Morgan fingerprint density at radius 2 is 1.53 bits per heavy atom. The van der Waals surface area contributed by atoms with Gasteiger partial charge in [0, 0.05) is 24.3 Å². The van der Waals surface area contributed by atoms with Gasteiger partial charge < -0.3 is 5.32 Å². The van der Waals surface area contributed by atoms with E-state index in [4.69, 9.17) is 0 Å². The van der Waals surface area contributed by atoms with Gasteiger partial charge in [-0.3, -0.25) is 9.48 Å². The van der Waals surface area contributed by atoms with Gasteiger partial charge in [-0.05, 0) is 63.4 Å². The highest BCUT2D eigenvalue weighted by atomic mass is 32.2. The minimum absolute atomic E-state index is 0.174. The van der Waals surface area contributed by atoms with Crippen LogP contribution in [0.1, 0.15) is 58.6 Å². The highest BCUT2D eigenvalue weighted by Crippen LogP contribution is 2.26. The Labute approximate surface area is 201 Å². The molecule has 180 valence electrons. The Morgan fingerprint density at radius 1 is 0.912 bits per heavy atom. The molecule has 2 aromatic carbocycles. The topological polar surface area (TPSA) is 84.3 Å². The highest BCUT2D eigenvalue weighted by Gasteiger charge is 2.31. The molecule has 0 unspecified atom stereocenters. The standard InChI is InChI=1S/C26H32N4O3S/c1-19-8-14-24(15-9-19)27-26(31)23-12-10-22(11-13-23)18-30-21(3)25(20(2)28-30)34(32,33)29-16-6-4-5-7-17-29/h8-15H,4-7,16-18H2,1-3H3,(H,27,31). The van der Waals surface area contributed by atoms with Gasteiger partial charge >= 0.3 is 0 Å². The Bertz CT molecular complexity index is 1250. The second kappa shape index (κ2) is 10.1. The molecule has 0 atom stereocenters. The van der Waals surface area contributed by atoms with Gasteiger partial charge in [0.1, 0.15) is 4.90 Å². The van der Waals surface area contributed by atoms with Gasteiger partial charge in [-0.1, -0.05) is 42.7 Å². The van der Waals surface area contributed by atoms with E-state index >= 15 is 0 Å². The molecule has 0 spiro atoms. The SMILES string of the molecule is Cc1ccc(NC(=O)c2ccc(Cn3nc(C)c(S(=O)(=O)N4CCCCCC4)c3C)cc2)cc1. The molecule has 1 aliphatic rings. The number of amides is 1. The molecular formula is C26H32N4O3S. The van der Waals surface area contributed by atoms with Crippen LogP contribution in [0.5, 0.6) is 0 Å². The van der Waals surface area contributed by atoms with Gasteiger partial charge in [0.15, 0.2) is 0 Å². The molecule has 1 fully saturated rings. The monoisotopic (exact) mass is 480 g/mol. The molecule has 0 saturated carbocycles. The van der Waals surface area contributed by atoms with Crippen LogP contribution in [0.25, 0.3) is 0 Å². The van der Waals surface area contributed by atoms with Crippen molar-refractivity contribution in [1.82, 2.24) is 14.1 Å². The quantitative estimate of drug-likeness (QED) is 0.556. The zero-order chi connectivity index (χ0) is 24.3. The van der Waals surface area contributed by atoms with Gasteiger partial charge in [-0.15, -0.1) is 0 Å². The van der Waals surface area contributed by atoms with E-state index in [-0.39, 0.29) is 5.91 Å². The van der Waals surface area contributed by atoms with Gasteiger partial charge in [0.25, 0.3) is 5.91 Å². The highest BCUT2D eigenvalue weighted by molar-refractivity contribution is 7.89. The number of nitrogens with one attached hydrogen (secondary N) is 1. The van der Waals surface area contributed by atoms with Crippen molar-refractivity contribution in [1.29, 1.82) is 0 Å². The molecule has 0 aliphatic carbocycles. The molecular weight excluding hydrogens is 448 g/mol. The lowest BCUT2D eigenvalue weighted by Gasteiger charge is -2.20. The molecule has 1 aromatic heterocycles. The van der Waals surface area contributed by atoms with Crippen molar-refractivity contribution in [3.05, 3.63) is 76.6 Å². The Morgan fingerprint density at radius 3 is 2.15 bits per heavy atom. The van der Waals surface area contributed by atoms with Crippen LogP contribution in [-0.2, 0) is 16.6 Å². The number of carbonyl (C=O) groups is 1. The number of carbonyl (C=O) groups excluding carboxylic acids is 1. The Kier molecular flexibility index (Phi) is 7.19. The number of benzene rings is 2.